The lowest BCUT2D eigenvalue weighted by molar-refractivity contribution is 0.0453. The molecule has 0 saturated heterocycles. The average molecular weight is 203 g/mol. The summed E-state index contributed by atoms with van der Waals surface area (Å²) in [6.07, 6.45) is 0.530. The Morgan fingerprint density at radius 3 is 2.36 bits per heavy atom. The number of nitrogens with one attached hydrogen (secondary N) is 1. The van der Waals surface area contributed by atoms with Crippen LogP contribution >= 0.6 is 0 Å². The van der Waals surface area contributed by atoms with Crippen molar-refractivity contribution in [2.45, 2.75) is 45.8 Å². The van der Waals surface area contributed by atoms with E-state index in [2.05, 4.69) is 5.32 Å². The Morgan fingerprint density at radius 1 is 1.43 bits per heavy atom. The largest absolute Gasteiger partial charge is 0.444 e. The van der Waals surface area contributed by atoms with Gasteiger partial charge in [-0.1, -0.05) is 6.92 Å². The first-order valence-corrected chi connectivity index (χ1v) is 4.88. The average Bonchev–Trinajstić information content (AvgIpc) is 2.03. The summed E-state index contributed by atoms with van der Waals surface area (Å²) in [7, 11) is 1.63. The van der Waals surface area contributed by atoms with E-state index in [0.29, 0.717) is 6.54 Å². The maximum Gasteiger partial charge on any atom is 0.407 e. The van der Waals surface area contributed by atoms with Crippen LogP contribution in [0.3, 0.4) is 0 Å². The quantitative estimate of drug-likeness (QED) is 0.759. The van der Waals surface area contributed by atoms with E-state index in [4.69, 9.17) is 9.47 Å². The molecule has 4 heteroatoms. The van der Waals surface area contributed by atoms with Gasteiger partial charge in [0.05, 0.1) is 6.10 Å². The molecule has 0 aromatic heterocycles. The molecule has 0 aliphatic carbocycles. The molecule has 0 aromatic carbocycles. The van der Waals surface area contributed by atoms with Crippen molar-refractivity contribution in [1.82, 2.24) is 5.32 Å². The van der Waals surface area contributed by atoms with Crippen LogP contribution in [-0.4, -0.2) is 31.5 Å². The highest BCUT2D eigenvalue weighted by Gasteiger charge is 2.16. The lowest BCUT2D eigenvalue weighted by Gasteiger charge is -2.21. The van der Waals surface area contributed by atoms with Crippen molar-refractivity contribution in [1.29, 1.82) is 0 Å². The van der Waals surface area contributed by atoms with Crippen molar-refractivity contribution in [2.75, 3.05) is 13.7 Å². The van der Waals surface area contributed by atoms with E-state index in [1.54, 1.807) is 7.11 Å². The molecule has 1 atom stereocenters. The minimum Gasteiger partial charge on any atom is -0.444 e. The SMILES string of the molecule is CC[C@H](CNC(=O)OC(C)(C)C)OC. The molecule has 0 rings (SSSR count). The number of carbonyl (C=O) groups excluding carboxylic acids is 1. The Bertz CT molecular complexity index is 171. The van der Waals surface area contributed by atoms with Gasteiger partial charge in [-0.15, -0.1) is 0 Å². The Balaban J connectivity index is 3.74. The van der Waals surface area contributed by atoms with Crippen molar-refractivity contribution in [3.63, 3.8) is 0 Å². The zero-order valence-electron chi connectivity index (χ0n) is 9.72. The number of alkyl carbamates (subject to hydrolysis) is 1. The number of carbonyl (C=O) groups is 1. The van der Waals surface area contributed by atoms with Gasteiger partial charge in [0.25, 0.3) is 0 Å². The molecule has 0 aliphatic heterocycles. The van der Waals surface area contributed by atoms with Crippen molar-refractivity contribution in [2.24, 2.45) is 0 Å². The number of rotatable bonds is 4. The third-order valence-electron chi connectivity index (χ3n) is 1.66. The van der Waals surface area contributed by atoms with Gasteiger partial charge in [0.1, 0.15) is 5.60 Å². The first kappa shape index (κ1) is 13.2. The molecule has 0 bridgehead atoms. The molecule has 14 heavy (non-hydrogen) atoms. The van der Waals surface area contributed by atoms with Gasteiger partial charge in [0.15, 0.2) is 0 Å². The van der Waals surface area contributed by atoms with Crippen LogP contribution in [0.2, 0.25) is 0 Å². The second-order valence-electron chi connectivity index (χ2n) is 4.15. The van der Waals surface area contributed by atoms with Gasteiger partial charge in [0.2, 0.25) is 0 Å². The van der Waals surface area contributed by atoms with Crippen LogP contribution in [0.1, 0.15) is 34.1 Å². The molecule has 0 radical (unpaired) electrons. The van der Waals surface area contributed by atoms with Crippen LogP contribution < -0.4 is 5.32 Å². The summed E-state index contributed by atoms with van der Waals surface area (Å²) in [4.78, 5) is 11.2. The fourth-order valence-corrected chi connectivity index (χ4v) is 0.906. The Labute approximate surface area is 86.0 Å². The minimum absolute atomic E-state index is 0.0579. The number of methoxy groups -OCH3 is 1. The summed E-state index contributed by atoms with van der Waals surface area (Å²) in [5, 5.41) is 2.65. The van der Waals surface area contributed by atoms with Crippen molar-refractivity contribution < 1.29 is 14.3 Å². The zero-order chi connectivity index (χ0) is 11.2. The van der Waals surface area contributed by atoms with Gasteiger partial charge in [-0.05, 0) is 27.2 Å². The molecule has 0 saturated carbocycles. The summed E-state index contributed by atoms with van der Waals surface area (Å²) in [5.74, 6) is 0. The predicted octanol–water partition coefficient (Wildman–Crippen LogP) is 1.94. The minimum atomic E-state index is -0.446. The van der Waals surface area contributed by atoms with E-state index >= 15 is 0 Å². The molecule has 0 heterocycles. The van der Waals surface area contributed by atoms with E-state index in [0.717, 1.165) is 6.42 Å². The van der Waals surface area contributed by atoms with Gasteiger partial charge >= 0.3 is 6.09 Å². The molecule has 1 amide bonds. The number of hydrogen-bond donors (Lipinski definition) is 1. The molecular formula is C10H21NO3. The zero-order valence-corrected chi connectivity index (χ0v) is 9.72. The molecule has 0 unspecified atom stereocenters. The topological polar surface area (TPSA) is 47.6 Å². The highest BCUT2D eigenvalue weighted by Crippen LogP contribution is 2.06. The van der Waals surface area contributed by atoms with Crippen LogP contribution in [0.15, 0.2) is 0 Å². The second kappa shape index (κ2) is 5.86. The summed E-state index contributed by atoms with van der Waals surface area (Å²) >= 11 is 0. The van der Waals surface area contributed by atoms with Crippen molar-refractivity contribution >= 4 is 6.09 Å². The third-order valence-corrected chi connectivity index (χ3v) is 1.66. The second-order valence-corrected chi connectivity index (χ2v) is 4.15. The van der Waals surface area contributed by atoms with E-state index in [9.17, 15) is 4.79 Å². The Kier molecular flexibility index (Phi) is 5.53. The van der Waals surface area contributed by atoms with Crippen molar-refractivity contribution in [3.8, 4) is 0 Å². The highest BCUT2D eigenvalue weighted by atomic mass is 16.6. The van der Waals surface area contributed by atoms with Gasteiger partial charge in [-0.25, -0.2) is 4.79 Å². The fourth-order valence-electron chi connectivity index (χ4n) is 0.906. The third kappa shape index (κ3) is 6.71. The van der Waals surface area contributed by atoms with Gasteiger partial charge in [0, 0.05) is 13.7 Å². The van der Waals surface area contributed by atoms with E-state index in [-0.39, 0.29) is 6.10 Å². The smallest absolute Gasteiger partial charge is 0.407 e. The lowest BCUT2D eigenvalue weighted by Crippen LogP contribution is -2.37. The molecule has 84 valence electrons. The molecule has 4 nitrogen and oxygen atoms in total. The molecule has 0 spiro atoms. The van der Waals surface area contributed by atoms with E-state index in [1.807, 2.05) is 27.7 Å². The standard InChI is InChI=1S/C10H21NO3/c1-6-8(13-5)7-11-9(12)14-10(2,3)4/h8H,6-7H2,1-5H3,(H,11,12)/t8-/m1/s1. The Morgan fingerprint density at radius 2 is 2.00 bits per heavy atom. The Hall–Kier alpha value is -0.770. The van der Waals surface area contributed by atoms with Gasteiger partial charge in [-0.3, -0.25) is 0 Å². The monoisotopic (exact) mass is 203 g/mol. The van der Waals surface area contributed by atoms with E-state index in [1.165, 1.54) is 0 Å². The summed E-state index contributed by atoms with van der Waals surface area (Å²) in [5.41, 5.74) is -0.446. The summed E-state index contributed by atoms with van der Waals surface area (Å²) < 4.78 is 10.2. The first-order chi connectivity index (χ1) is 6.39. The first-order valence-electron chi connectivity index (χ1n) is 4.88. The summed E-state index contributed by atoms with van der Waals surface area (Å²) in [6, 6.07) is 0. The normalized spacial score (nSPS) is 13.5. The molecular weight excluding hydrogens is 182 g/mol. The van der Waals surface area contributed by atoms with E-state index < -0.39 is 11.7 Å². The maximum absolute atomic E-state index is 11.2. The number of amides is 1. The summed E-state index contributed by atoms with van der Waals surface area (Å²) in [6.45, 7) is 7.99. The van der Waals surface area contributed by atoms with Crippen LogP contribution in [0.5, 0.6) is 0 Å². The molecule has 0 aromatic rings. The molecule has 1 N–H and O–H groups in total. The fraction of sp³-hybridized carbons (Fsp3) is 0.900. The van der Waals surface area contributed by atoms with Crippen LogP contribution in [0.4, 0.5) is 4.79 Å². The molecule has 0 fully saturated rings. The van der Waals surface area contributed by atoms with Gasteiger partial charge in [-0.2, -0.15) is 0 Å². The highest BCUT2D eigenvalue weighted by molar-refractivity contribution is 5.67. The van der Waals surface area contributed by atoms with Gasteiger partial charge < -0.3 is 14.8 Å². The molecule has 0 aliphatic rings. The van der Waals surface area contributed by atoms with Crippen LogP contribution in [-0.2, 0) is 9.47 Å². The lowest BCUT2D eigenvalue weighted by atomic mass is 10.2. The van der Waals surface area contributed by atoms with Crippen molar-refractivity contribution in [3.05, 3.63) is 0 Å². The van der Waals surface area contributed by atoms with Crippen LogP contribution in [0.25, 0.3) is 0 Å². The predicted molar refractivity (Wildman–Crippen MR) is 55.3 cm³/mol. The van der Waals surface area contributed by atoms with Crippen LogP contribution in [0, 0.1) is 0 Å². The number of hydrogen-bond acceptors (Lipinski definition) is 3. The number of ether oxygens (including phenoxy) is 2. The maximum atomic E-state index is 11.2.